The number of benzene rings is 4. The van der Waals surface area contributed by atoms with E-state index in [2.05, 4.69) is 50.5 Å². The van der Waals surface area contributed by atoms with E-state index in [4.69, 9.17) is 32.7 Å². The molecule has 39 heavy (non-hydrogen) atoms. The molecule has 0 radical (unpaired) electrons. The van der Waals surface area contributed by atoms with Crippen LogP contribution in [0.3, 0.4) is 0 Å². The summed E-state index contributed by atoms with van der Waals surface area (Å²) >= 11 is 16.6. The molecule has 0 aliphatic heterocycles. The number of nitrogens with one attached hydrogen (secondary N) is 1. The summed E-state index contributed by atoms with van der Waals surface area (Å²) in [5.74, 6) is 0.868. The molecule has 1 N–H and O–H groups in total. The second-order valence-electron chi connectivity index (χ2n) is 8.26. The number of nitrogens with zero attached hydrogens (tertiary/aromatic N) is 1. The number of carbonyl (C=O) groups excluding carboxylic acids is 1. The Balaban J connectivity index is 1.40. The van der Waals surface area contributed by atoms with E-state index in [0.29, 0.717) is 39.4 Å². The van der Waals surface area contributed by atoms with Crippen molar-refractivity contribution in [1.29, 1.82) is 5.26 Å². The summed E-state index contributed by atoms with van der Waals surface area (Å²) in [6.45, 7) is 0.725. The van der Waals surface area contributed by atoms with Crippen LogP contribution >= 0.6 is 68.4 Å². The lowest BCUT2D eigenvalue weighted by Gasteiger charge is -2.13. The highest BCUT2D eigenvalue weighted by Crippen LogP contribution is 2.31. The molecule has 0 aliphatic rings. The third kappa shape index (κ3) is 8.35. The first kappa shape index (κ1) is 29.2. The Kier molecular flexibility index (Phi) is 10.5. The van der Waals surface area contributed by atoms with Crippen LogP contribution in [0.15, 0.2) is 90.5 Å². The number of anilines is 1. The average Bonchev–Trinajstić information content (AvgIpc) is 2.92. The van der Waals surface area contributed by atoms with Gasteiger partial charge in [0.05, 0.1) is 7.14 Å². The molecule has 0 aromatic heterocycles. The number of carbonyl (C=O) groups is 1. The highest BCUT2D eigenvalue weighted by Gasteiger charge is 2.14. The van der Waals surface area contributed by atoms with E-state index < -0.39 is 5.91 Å². The van der Waals surface area contributed by atoms with Gasteiger partial charge in [-0.2, -0.15) is 5.26 Å². The normalized spacial score (nSPS) is 11.0. The van der Waals surface area contributed by atoms with Crippen LogP contribution in [0, 0.1) is 18.5 Å². The third-order valence-corrected chi connectivity index (χ3v) is 7.63. The standard InChI is InChI=1S/C30H20Cl2I2N2O3/c31-23-7-6-21(26(32)15-23)18-39-29-27(33)13-20(14-28(29)34)12-22(16-35)30(37)36-24-8-10-25(11-9-24)38-17-19-4-2-1-3-5-19/h1-15H,17-18H2,(H,36,37)/b22-12+. The SMILES string of the molecule is N#C/C(=C\c1cc(I)c(OCc2ccc(Cl)cc2Cl)c(I)c1)C(=O)Nc1ccc(OCc2ccccc2)cc1. The summed E-state index contributed by atoms with van der Waals surface area (Å²) in [5.41, 5.74) is 3.12. The van der Waals surface area contributed by atoms with Gasteiger partial charge in [0, 0.05) is 21.3 Å². The number of rotatable bonds is 9. The van der Waals surface area contributed by atoms with Gasteiger partial charge in [-0.1, -0.05) is 59.6 Å². The molecule has 9 heteroatoms. The zero-order valence-corrected chi connectivity index (χ0v) is 26.1. The first-order valence-corrected chi connectivity index (χ1v) is 14.5. The van der Waals surface area contributed by atoms with Crippen molar-refractivity contribution < 1.29 is 14.3 Å². The molecule has 0 unspecified atom stereocenters. The van der Waals surface area contributed by atoms with Crippen molar-refractivity contribution in [1.82, 2.24) is 0 Å². The summed E-state index contributed by atoms with van der Waals surface area (Å²) in [5, 5.41) is 13.5. The molecule has 0 fully saturated rings. The van der Waals surface area contributed by atoms with Gasteiger partial charge >= 0.3 is 0 Å². The molecule has 0 heterocycles. The zero-order valence-electron chi connectivity index (χ0n) is 20.3. The van der Waals surface area contributed by atoms with E-state index in [9.17, 15) is 10.1 Å². The highest BCUT2D eigenvalue weighted by atomic mass is 127. The van der Waals surface area contributed by atoms with Crippen molar-refractivity contribution in [2.24, 2.45) is 0 Å². The maximum absolute atomic E-state index is 12.8. The van der Waals surface area contributed by atoms with E-state index in [1.165, 1.54) is 0 Å². The fraction of sp³-hybridized carbons (Fsp3) is 0.0667. The molecular weight excluding hydrogens is 761 g/mol. The van der Waals surface area contributed by atoms with Crippen molar-refractivity contribution >= 4 is 86.1 Å². The zero-order chi connectivity index (χ0) is 27.8. The van der Waals surface area contributed by atoms with Gasteiger partial charge in [0.15, 0.2) is 0 Å². The fourth-order valence-corrected chi connectivity index (χ4v) is 6.07. The minimum Gasteiger partial charge on any atom is -0.489 e. The predicted molar refractivity (Wildman–Crippen MR) is 172 cm³/mol. The van der Waals surface area contributed by atoms with Crippen LogP contribution in [0.4, 0.5) is 5.69 Å². The molecule has 0 saturated carbocycles. The van der Waals surface area contributed by atoms with E-state index in [1.54, 1.807) is 42.5 Å². The Bertz CT molecular complexity index is 1530. The van der Waals surface area contributed by atoms with Crippen LogP contribution in [0.25, 0.3) is 6.08 Å². The summed E-state index contributed by atoms with van der Waals surface area (Å²) in [7, 11) is 0. The van der Waals surface area contributed by atoms with Crippen molar-refractivity contribution in [2.45, 2.75) is 13.2 Å². The summed E-state index contributed by atoms with van der Waals surface area (Å²) in [6.07, 6.45) is 1.55. The quantitative estimate of drug-likeness (QED) is 0.105. The molecule has 0 bridgehead atoms. The molecule has 0 spiro atoms. The fourth-order valence-electron chi connectivity index (χ4n) is 3.48. The predicted octanol–water partition coefficient (Wildman–Crippen LogP) is 8.91. The summed E-state index contributed by atoms with van der Waals surface area (Å²) in [4.78, 5) is 12.8. The Morgan fingerprint density at radius 2 is 1.59 bits per heavy atom. The van der Waals surface area contributed by atoms with Gasteiger partial charge in [0.2, 0.25) is 0 Å². The van der Waals surface area contributed by atoms with E-state index in [0.717, 1.165) is 18.3 Å². The number of amides is 1. The van der Waals surface area contributed by atoms with Crippen LogP contribution < -0.4 is 14.8 Å². The van der Waals surface area contributed by atoms with Crippen LogP contribution in [0.1, 0.15) is 16.7 Å². The van der Waals surface area contributed by atoms with Crippen molar-refractivity contribution in [3.8, 4) is 17.6 Å². The molecule has 1 amide bonds. The first-order chi connectivity index (χ1) is 18.8. The maximum atomic E-state index is 12.8. The van der Waals surface area contributed by atoms with Crippen molar-refractivity contribution in [3.05, 3.63) is 124 Å². The molecule has 0 saturated heterocycles. The molecule has 196 valence electrons. The Morgan fingerprint density at radius 1 is 0.897 bits per heavy atom. The Labute approximate surface area is 264 Å². The molecule has 4 rings (SSSR count). The Hall–Kier alpha value is -2.78. The monoisotopic (exact) mass is 780 g/mol. The van der Waals surface area contributed by atoms with Crippen molar-refractivity contribution in [2.75, 3.05) is 5.32 Å². The first-order valence-electron chi connectivity index (χ1n) is 11.6. The third-order valence-electron chi connectivity index (χ3n) is 5.44. The molecule has 4 aromatic carbocycles. The number of ether oxygens (including phenoxy) is 2. The smallest absolute Gasteiger partial charge is 0.266 e. The molecule has 0 atom stereocenters. The highest BCUT2D eigenvalue weighted by molar-refractivity contribution is 14.1. The van der Waals surface area contributed by atoms with E-state index in [1.807, 2.05) is 54.6 Å². The number of halogens is 4. The Morgan fingerprint density at radius 3 is 2.23 bits per heavy atom. The van der Waals surface area contributed by atoms with Gasteiger partial charge in [-0.25, -0.2) is 0 Å². The van der Waals surface area contributed by atoms with E-state index in [-0.39, 0.29) is 12.2 Å². The van der Waals surface area contributed by atoms with Crippen LogP contribution in [-0.2, 0) is 18.0 Å². The lowest BCUT2D eigenvalue weighted by molar-refractivity contribution is -0.112. The molecular formula is C30H20Cl2I2N2O3. The van der Waals surface area contributed by atoms with Gasteiger partial charge in [-0.3, -0.25) is 4.79 Å². The number of hydrogen-bond acceptors (Lipinski definition) is 4. The lowest BCUT2D eigenvalue weighted by Crippen LogP contribution is -2.13. The molecule has 0 aliphatic carbocycles. The lowest BCUT2D eigenvalue weighted by atomic mass is 10.1. The van der Waals surface area contributed by atoms with Gasteiger partial charge in [0.25, 0.3) is 5.91 Å². The average molecular weight is 781 g/mol. The molecule has 4 aromatic rings. The maximum Gasteiger partial charge on any atom is 0.266 e. The van der Waals surface area contributed by atoms with Crippen molar-refractivity contribution in [3.63, 3.8) is 0 Å². The van der Waals surface area contributed by atoms with Gasteiger partial charge in [0.1, 0.15) is 36.4 Å². The second-order valence-corrected chi connectivity index (χ2v) is 11.4. The summed E-state index contributed by atoms with van der Waals surface area (Å²) in [6, 6.07) is 27.8. The second kappa shape index (κ2) is 14.0. The largest absolute Gasteiger partial charge is 0.489 e. The molecule has 5 nitrogen and oxygen atoms in total. The summed E-state index contributed by atoms with van der Waals surface area (Å²) < 4.78 is 13.5. The van der Waals surface area contributed by atoms with E-state index >= 15 is 0 Å². The van der Waals surface area contributed by atoms with Crippen LogP contribution in [0.2, 0.25) is 10.0 Å². The topological polar surface area (TPSA) is 71.3 Å². The van der Waals surface area contributed by atoms with Gasteiger partial charge in [-0.15, -0.1) is 0 Å². The number of hydrogen-bond donors (Lipinski definition) is 1. The van der Waals surface area contributed by atoms with Crippen LogP contribution in [0.5, 0.6) is 11.5 Å². The minimum absolute atomic E-state index is 0.0207. The minimum atomic E-state index is -0.502. The number of nitriles is 1. The van der Waals surface area contributed by atoms with Gasteiger partial charge in [-0.05, 0) is 111 Å². The van der Waals surface area contributed by atoms with Gasteiger partial charge < -0.3 is 14.8 Å². The van der Waals surface area contributed by atoms with Crippen LogP contribution in [-0.4, -0.2) is 5.91 Å².